The number of rotatable bonds is 3. The fourth-order valence-corrected chi connectivity index (χ4v) is 2.49. The molecule has 0 atom stereocenters. The molecule has 1 saturated carbocycles. The van der Waals surface area contributed by atoms with Gasteiger partial charge in [0.05, 0.1) is 11.9 Å². The average molecular weight is 292 g/mol. The van der Waals surface area contributed by atoms with Crippen molar-refractivity contribution in [1.82, 2.24) is 19.9 Å². The summed E-state index contributed by atoms with van der Waals surface area (Å²) in [6.07, 6.45) is 5.44. The predicted octanol–water partition coefficient (Wildman–Crippen LogP) is 2.60. The Bertz CT molecular complexity index is 847. The van der Waals surface area contributed by atoms with Crippen LogP contribution in [0, 0.1) is 6.92 Å². The number of fused-ring (bicyclic) bond motifs is 1. The molecule has 1 aliphatic carbocycles. The van der Waals surface area contributed by atoms with Crippen LogP contribution in [0.15, 0.2) is 42.7 Å². The van der Waals surface area contributed by atoms with Crippen LogP contribution < -0.4 is 5.32 Å². The number of amides is 1. The normalized spacial score (nSPS) is 14.2. The molecule has 4 rings (SSSR count). The van der Waals surface area contributed by atoms with Crippen molar-refractivity contribution in [2.45, 2.75) is 25.8 Å². The molecule has 1 aromatic carbocycles. The highest BCUT2D eigenvalue weighted by Crippen LogP contribution is 2.23. The largest absolute Gasteiger partial charge is 0.349 e. The quantitative estimate of drug-likeness (QED) is 0.807. The van der Waals surface area contributed by atoms with Gasteiger partial charge in [-0.1, -0.05) is 29.8 Å². The first kappa shape index (κ1) is 13.0. The molecule has 0 bridgehead atoms. The van der Waals surface area contributed by atoms with Crippen LogP contribution in [0.3, 0.4) is 0 Å². The van der Waals surface area contributed by atoms with E-state index in [2.05, 4.69) is 46.6 Å². The monoisotopic (exact) mass is 292 g/mol. The van der Waals surface area contributed by atoms with Crippen LogP contribution in [-0.2, 0) is 0 Å². The van der Waals surface area contributed by atoms with Crippen molar-refractivity contribution in [2.24, 2.45) is 0 Å². The summed E-state index contributed by atoms with van der Waals surface area (Å²) >= 11 is 0. The van der Waals surface area contributed by atoms with E-state index in [-0.39, 0.29) is 5.91 Å². The number of carbonyl (C=O) groups excluding carboxylic acids is 1. The van der Waals surface area contributed by atoms with E-state index in [1.54, 1.807) is 16.9 Å². The number of aryl methyl sites for hydroxylation is 1. The summed E-state index contributed by atoms with van der Waals surface area (Å²) < 4.78 is 1.73. The Hall–Kier alpha value is -2.69. The molecule has 110 valence electrons. The zero-order chi connectivity index (χ0) is 15.1. The molecule has 1 aliphatic rings. The zero-order valence-electron chi connectivity index (χ0n) is 12.3. The van der Waals surface area contributed by atoms with Crippen LogP contribution in [0.2, 0.25) is 0 Å². The molecular formula is C17H16N4O. The van der Waals surface area contributed by atoms with Gasteiger partial charge in [-0.3, -0.25) is 4.79 Å². The van der Waals surface area contributed by atoms with Gasteiger partial charge >= 0.3 is 0 Å². The van der Waals surface area contributed by atoms with Gasteiger partial charge in [-0.05, 0) is 25.8 Å². The number of hydrogen-bond acceptors (Lipinski definition) is 3. The lowest BCUT2D eigenvalue weighted by molar-refractivity contribution is 0.0952. The molecule has 0 saturated heterocycles. The number of benzene rings is 1. The molecule has 1 N–H and O–H groups in total. The van der Waals surface area contributed by atoms with Gasteiger partial charge in [0, 0.05) is 17.8 Å². The lowest BCUT2D eigenvalue weighted by Crippen LogP contribution is -2.25. The third-order valence-electron chi connectivity index (χ3n) is 3.91. The zero-order valence-corrected chi connectivity index (χ0v) is 12.3. The van der Waals surface area contributed by atoms with Crippen LogP contribution in [0.25, 0.3) is 16.9 Å². The first-order chi connectivity index (χ1) is 10.7. The van der Waals surface area contributed by atoms with E-state index in [0.717, 1.165) is 24.1 Å². The summed E-state index contributed by atoms with van der Waals surface area (Å²) in [7, 11) is 0. The molecule has 0 radical (unpaired) electrons. The Balaban J connectivity index is 1.79. The topological polar surface area (TPSA) is 59.3 Å². The predicted molar refractivity (Wildman–Crippen MR) is 83.6 cm³/mol. The van der Waals surface area contributed by atoms with Crippen LogP contribution in [0.5, 0.6) is 0 Å². The molecule has 5 nitrogen and oxygen atoms in total. The highest BCUT2D eigenvalue weighted by Gasteiger charge is 2.25. The van der Waals surface area contributed by atoms with Crippen LogP contribution in [-0.4, -0.2) is 26.5 Å². The molecule has 0 unspecified atom stereocenters. The number of nitrogens with one attached hydrogen (secondary N) is 1. The highest BCUT2D eigenvalue weighted by atomic mass is 16.1. The summed E-state index contributed by atoms with van der Waals surface area (Å²) in [4.78, 5) is 16.6. The van der Waals surface area contributed by atoms with E-state index in [0.29, 0.717) is 17.3 Å². The van der Waals surface area contributed by atoms with Gasteiger partial charge < -0.3 is 5.32 Å². The number of carbonyl (C=O) groups is 1. The van der Waals surface area contributed by atoms with E-state index in [9.17, 15) is 4.79 Å². The van der Waals surface area contributed by atoms with Crippen LogP contribution in [0.4, 0.5) is 0 Å². The third-order valence-corrected chi connectivity index (χ3v) is 3.91. The minimum atomic E-state index is -0.0916. The van der Waals surface area contributed by atoms with Crippen LogP contribution in [0.1, 0.15) is 28.8 Å². The standard InChI is InChI=1S/C17H16N4O/c1-11-2-4-12(5-3-11)15-8-9-18-16-14(10-19-21(15)16)17(22)20-13-6-7-13/h2-5,8-10,13H,6-7H2,1H3,(H,20,22). The van der Waals surface area contributed by atoms with E-state index < -0.39 is 0 Å². The molecule has 2 heterocycles. The Kier molecular flexibility index (Phi) is 2.92. The molecule has 5 heteroatoms. The first-order valence-electron chi connectivity index (χ1n) is 7.43. The Labute approximate surface area is 128 Å². The van der Waals surface area contributed by atoms with E-state index >= 15 is 0 Å². The molecule has 22 heavy (non-hydrogen) atoms. The maximum atomic E-state index is 12.3. The van der Waals surface area contributed by atoms with Crippen molar-refractivity contribution < 1.29 is 4.79 Å². The Morgan fingerprint density at radius 2 is 2.00 bits per heavy atom. The molecule has 2 aromatic heterocycles. The highest BCUT2D eigenvalue weighted by molar-refractivity contribution is 6.00. The molecule has 1 fully saturated rings. The molecule has 0 spiro atoms. The van der Waals surface area contributed by atoms with Gasteiger partial charge in [0.15, 0.2) is 5.65 Å². The van der Waals surface area contributed by atoms with Crippen molar-refractivity contribution in [3.8, 4) is 11.3 Å². The fourth-order valence-electron chi connectivity index (χ4n) is 2.49. The van der Waals surface area contributed by atoms with Gasteiger partial charge in [0.25, 0.3) is 5.91 Å². The van der Waals surface area contributed by atoms with E-state index in [1.807, 2.05) is 6.07 Å². The second-order valence-electron chi connectivity index (χ2n) is 5.74. The minimum Gasteiger partial charge on any atom is -0.349 e. The van der Waals surface area contributed by atoms with Gasteiger partial charge in [-0.25, -0.2) is 9.50 Å². The van der Waals surface area contributed by atoms with Crippen molar-refractivity contribution >= 4 is 11.6 Å². The molecule has 3 aromatic rings. The molecular weight excluding hydrogens is 276 g/mol. The van der Waals surface area contributed by atoms with E-state index in [4.69, 9.17) is 0 Å². The van der Waals surface area contributed by atoms with Gasteiger partial charge in [0.2, 0.25) is 0 Å². The summed E-state index contributed by atoms with van der Waals surface area (Å²) in [5.74, 6) is -0.0916. The number of nitrogens with zero attached hydrogens (tertiary/aromatic N) is 3. The first-order valence-corrected chi connectivity index (χ1v) is 7.43. The van der Waals surface area contributed by atoms with Gasteiger partial charge in [-0.15, -0.1) is 0 Å². The van der Waals surface area contributed by atoms with Crippen molar-refractivity contribution in [3.63, 3.8) is 0 Å². The second kappa shape index (κ2) is 4.94. The summed E-state index contributed by atoms with van der Waals surface area (Å²) in [6.45, 7) is 2.06. The summed E-state index contributed by atoms with van der Waals surface area (Å²) in [5, 5.41) is 7.34. The molecule has 0 aliphatic heterocycles. The van der Waals surface area contributed by atoms with Gasteiger partial charge in [0.1, 0.15) is 5.56 Å². The Morgan fingerprint density at radius 3 is 2.73 bits per heavy atom. The number of aromatic nitrogens is 3. The van der Waals surface area contributed by atoms with Crippen LogP contribution >= 0.6 is 0 Å². The average Bonchev–Trinajstić information content (AvgIpc) is 3.23. The third kappa shape index (κ3) is 2.24. The second-order valence-corrected chi connectivity index (χ2v) is 5.74. The summed E-state index contributed by atoms with van der Waals surface area (Å²) in [6, 6.07) is 10.5. The maximum absolute atomic E-state index is 12.3. The molecule has 1 amide bonds. The fraction of sp³-hybridized carbons (Fsp3) is 0.235. The van der Waals surface area contributed by atoms with Crippen molar-refractivity contribution in [3.05, 3.63) is 53.9 Å². The number of hydrogen-bond donors (Lipinski definition) is 1. The SMILES string of the molecule is Cc1ccc(-c2ccnc3c(C(=O)NC4CC4)cnn23)cc1. The lowest BCUT2D eigenvalue weighted by atomic mass is 10.1. The van der Waals surface area contributed by atoms with Crippen molar-refractivity contribution in [1.29, 1.82) is 0 Å². The minimum absolute atomic E-state index is 0.0916. The summed E-state index contributed by atoms with van der Waals surface area (Å²) in [5.41, 5.74) is 4.31. The van der Waals surface area contributed by atoms with Crippen molar-refractivity contribution in [2.75, 3.05) is 0 Å². The van der Waals surface area contributed by atoms with Gasteiger partial charge in [-0.2, -0.15) is 5.10 Å². The maximum Gasteiger partial charge on any atom is 0.256 e. The van der Waals surface area contributed by atoms with E-state index in [1.165, 1.54) is 5.56 Å². The lowest BCUT2D eigenvalue weighted by Gasteiger charge is -2.06. The Morgan fingerprint density at radius 1 is 1.23 bits per heavy atom. The smallest absolute Gasteiger partial charge is 0.256 e.